The lowest BCUT2D eigenvalue weighted by Gasteiger charge is -2.17. The predicted octanol–water partition coefficient (Wildman–Crippen LogP) is 3.31. The van der Waals surface area contributed by atoms with Crippen LogP contribution in [0.25, 0.3) is 10.9 Å². The minimum absolute atomic E-state index is 0.128. The number of carbonyl (C=O) groups excluding carboxylic acids is 1. The molecule has 164 valence electrons. The molecule has 1 aliphatic rings. The first-order valence-corrected chi connectivity index (χ1v) is 11.9. The maximum atomic E-state index is 12.8. The number of para-hydroxylation sites is 1. The van der Waals surface area contributed by atoms with Crippen LogP contribution in [0.5, 0.6) is 5.75 Å². The molecule has 0 saturated carbocycles. The highest BCUT2D eigenvalue weighted by Crippen LogP contribution is 2.27. The largest absolute Gasteiger partial charge is 0.496 e. The monoisotopic (exact) mass is 441 g/mol. The number of aromatic nitrogens is 1. The van der Waals surface area contributed by atoms with Gasteiger partial charge in [-0.05, 0) is 50.1 Å². The Bertz CT molecular complexity index is 1200. The molecule has 7 nitrogen and oxygen atoms in total. The molecule has 0 unspecified atom stereocenters. The summed E-state index contributed by atoms with van der Waals surface area (Å²) in [7, 11) is -1.87. The minimum Gasteiger partial charge on any atom is -0.496 e. The summed E-state index contributed by atoms with van der Waals surface area (Å²) < 4.78 is 34.4. The topological polar surface area (TPSA) is 80.6 Å². The van der Waals surface area contributed by atoms with Gasteiger partial charge in [0.25, 0.3) is 0 Å². The highest BCUT2D eigenvalue weighted by molar-refractivity contribution is 7.89. The molecule has 8 heteroatoms. The van der Waals surface area contributed by atoms with E-state index in [4.69, 9.17) is 4.74 Å². The van der Waals surface area contributed by atoms with E-state index < -0.39 is 16.1 Å². The number of carbonyl (C=O) groups is 1. The van der Waals surface area contributed by atoms with E-state index in [9.17, 15) is 13.2 Å². The summed E-state index contributed by atoms with van der Waals surface area (Å²) in [5.41, 5.74) is 1.72. The molecule has 0 aliphatic carbocycles. The van der Waals surface area contributed by atoms with Gasteiger partial charge in [-0.15, -0.1) is 0 Å². The quantitative estimate of drug-likeness (QED) is 0.610. The molecule has 1 saturated heterocycles. The average Bonchev–Trinajstić information content (AvgIpc) is 3.47. The number of rotatable bonds is 7. The van der Waals surface area contributed by atoms with Crippen LogP contribution in [0.15, 0.2) is 59.6 Å². The lowest BCUT2D eigenvalue weighted by atomic mass is 10.2. The number of nitrogens with zero attached hydrogens (tertiary/aromatic N) is 2. The van der Waals surface area contributed by atoms with Crippen LogP contribution < -0.4 is 10.1 Å². The van der Waals surface area contributed by atoms with E-state index in [1.54, 1.807) is 29.6 Å². The summed E-state index contributed by atoms with van der Waals surface area (Å²) in [6.45, 7) is 3.34. The molecular weight excluding hydrogens is 414 g/mol. The Kier molecular flexibility index (Phi) is 6.02. The highest BCUT2D eigenvalue weighted by atomic mass is 32.2. The van der Waals surface area contributed by atoms with E-state index in [0.717, 1.165) is 35.1 Å². The van der Waals surface area contributed by atoms with Crippen molar-refractivity contribution in [3.05, 3.63) is 60.3 Å². The van der Waals surface area contributed by atoms with Crippen molar-refractivity contribution in [3.8, 4) is 5.75 Å². The molecule has 0 bridgehead atoms. The zero-order valence-electron chi connectivity index (χ0n) is 17.7. The first-order valence-electron chi connectivity index (χ1n) is 10.4. The van der Waals surface area contributed by atoms with Gasteiger partial charge in [0.2, 0.25) is 15.9 Å². The summed E-state index contributed by atoms with van der Waals surface area (Å²) in [6.07, 6.45) is 3.63. The fourth-order valence-corrected chi connectivity index (χ4v) is 5.58. The van der Waals surface area contributed by atoms with E-state index >= 15 is 0 Å². The third kappa shape index (κ3) is 4.18. The number of hydrogen-bond donors (Lipinski definition) is 1. The highest BCUT2D eigenvalue weighted by Gasteiger charge is 2.27. The number of ether oxygens (including phenoxy) is 1. The first-order chi connectivity index (χ1) is 14.9. The van der Waals surface area contributed by atoms with Crippen LogP contribution in [0.4, 0.5) is 0 Å². The van der Waals surface area contributed by atoms with Crippen molar-refractivity contribution in [1.29, 1.82) is 0 Å². The number of benzene rings is 2. The minimum atomic E-state index is -3.47. The maximum absolute atomic E-state index is 12.8. The lowest BCUT2D eigenvalue weighted by Crippen LogP contribution is -2.30. The van der Waals surface area contributed by atoms with Gasteiger partial charge < -0.3 is 14.6 Å². The zero-order valence-corrected chi connectivity index (χ0v) is 18.6. The van der Waals surface area contributed by atoms with Crippen LogP contribution in [0.3, 0.4) is 0 Å². The van der Waals surface area contributed by atoms with Crippen LogP contribution in [-0.4, -0.2) is 43.4 Å². The Morgan fingerprint density at radius 1 is 1.13 bits per heavy atom. The van der Waals surface area contributed by atoms with Gasteiger partial charge in [0.15, 0.2) is 0 Å². The van der Waals surface area contributed by atoms with Crippen molar-refractivity contribution in [2.45, 2.75) is 37.2 Å². The van der Waals surface area contributed by atoms with E-state index in [1.165, 1.54) is 0 Å². The molecule has 2 heterocycles. The van der Waals surface area contributed by atoms with Crippen molar-refractivity contribution in [2.75, 3.05) is 20.2 Å². The third-order valence-electron chi connectivity index (χ3n) is 5.84. The molecule has 2 aromatic carbocycles. The smallest absolute Gasteiger partial charge is 0.243 e. The number of fused-ring (bicyclic) bond motifs is 1. The molecule has 1 atom stereocenters. The molecule has 1 N–H and O–H groups in total. The molecule has 31 heavy (non-hydrogen) atoms. The summed E-state index contributed by atoms with van der Waals surface area (Å²) >= 11 is 0. The molecule has 1 aromatic heterocycles. The van der Waals surface area contributed by atoms with Gasteiger partial charge in [0.1, 0.15) is 11.8 Å². The second kappa shape index (κ2) is 8.72. The van der Waals surface area contributed by atoms with E-state index in [1.807, 2.05) is 48.0 Å². The van der Waals surface area contributed by atoms with Gasteiger partial charge in [-0.1, -0.05) is 18.2 Å². The van der Waals surface area contributed by atoms with Crippen LogP contribution in [0.1, 0.15) is 31.4 Å². The summed E-state index contributed by atoms with van der Waals surface area (Å²) in [4.78, 5) is 13.1. The van der Waals surface area contributed by atoms with Crippen LogP contribution >= 0.6 is 0 Å². The van der Waals surface area contributed by atoms with Crippen molar-refractivity contribution < 1.29 is 17.9 Å². The summed E-state index contributed by atoms with van der Waals surface area (Å²) in [5, 5.41) is 3.75. The van der Waals surface area contributed by atoms with Gasteiger partial charge in [-0.25, -0.2) is 8.42 Å². The molecule has 1 amide bonds. The van der Waals surface area contributed by atoms with Crippen molar-refractivity contribution in [2.24, 2.45) is 0 Å². The average molecular weight is 442 g/mol. The Morgan fingerprint density at radius 2 is 1.87 bits per heavy atom. The number of amides is 1. The van der Waals surface area contributed by atoms with E-state index in [2.05, 4.69) is 5.32 Å². The Morgan fingerprint density at radius 3 is 2.61 bits per heavy atom. The van der Waals surface area contributed by atoms with Gasteiger partial charge in [0.05, 0.1) is 12.0 Å². The summed E-state index contributed by atoms with van der Waals surface area (Å²) in [5.74, 6) is 0.603. The first kappa shape index (κ1) is 21.4. The molecule has 4 rings (SSSR count). The summed E-state index contributed by atoms with van der Waals surface area (Å²) in [6, 6.07) is 14.1. The molecule has 0 radical (unpaired) electrons. The van der Waals surface area contributed by atoms with Crippen molar-refractivity contribution in [1.82, 2.24) is 14.2 Å². The van der Waals surface area contributed by atoms with Crippen molar-refractivity contribution in [3.63, 3.8) is 0 Å². The zero-order chi connectivity index (χ0) is 22.0. The van der Waals surface area contributed by atoms with Crippen molar-refractivity contribution >= 4 is 26.8 Å². The lowest BCUT2D eigenvalue weighted by molar-refractivity contribution is -0.123. The SMILES string of the molecule is COc1ccccc1CNC(=O)[C@H](C)n1ccc2cc(S(=O)(=O)N3CCCC3)ccc21. The standard InChI is InChI=1S/C23H27N3O4S/c1-17(23(27)24-16-19-7-3-4-8-22(19)30-2)26-14-11-18-15-20(9-10-21(18)26)31(28,29)25-12-5-6-13-25/h3-4,7-11,14-15,17H,5-6,12-13,16H2,1-2H3,(H,24,27)/t17-/m0/s1. The number of nitrogens with one attached hydrogen (secondary N) is 1. The predicted molar refractivity (Wildman–Crippen MR) is 119 cm³/mol. The second-order valence-corrected chi connectivity index (χ2v) is 9.70. The molecule has 3 aromatic rings. The second-order valence-electron chi connectivity index (χ2n) is 7.76. The molecule has 0 spiro atoms. The van der Waals surface area contributed by atoms with Crippen LogP contribution in [0.2, 0.25) is 0 Å². The number of methoxy groups -OCH3 is 1. The van der Waals surface area contributed by atoms with Crippen LogP contribution in [0, 0.1) is 0 Å². The van der Waals surface area contributed by atoms with Gasteiger partial charge in [-0.2, -0.15) is 4.31 Å². The van der Waals surface area contributed by atoms with Gasteiger partial charge >= 0.3 is 0 Å². The Hall–Kier alpha value is -2.84. The fraction of sp³-hybridized carbons (Fsp3) is 0.348. The molecule has 1 aliphatic heterocycles. The number of hydrogen-bond acceptors (Lipinski definition) is 4. The Balaban J connectivity index is 1.52. The number of sulfonamides is 1. The fourth-order valence-electron chi connectivity index (χ4n) is 4.02. The van der Waals surface area contributed by atoms with Gasteiger partial charge in [-0.3, -0.25) is 4.79 Å². The Labute approximate surface area is 182 Å². The molecule has 1 fully saturated rings. The van der Waals surface area contributed by atoms with Gasteiger partial charge in [0, 0.05) is 42.3 Å². The molecular formula is C23H27N3O4S. The maximum Gasteiger partial charge on any atom is 0.243 e. The van der Waals surface area contributed by atoms with E-state index in [0.29, 0.717) is 24.5 Å². The third-order valence-corrected chi connectivity index (χ3v) is 7.73. The van der Waals surface area contributed by atoms with Crippen LogP contribution in [-0.2, 0) is 21.4 Å². The van der Waals surface area contributed by atoms with E-state index in [-0.39, 0.29) is 5.91 Å². The normalized spacial score (nSPS) is 15.8.